The minimum atomic E-state index is -0.328. The van der Waals surface area contributed by atoms with Gasteiger partial charge >= 0.3 is 0 Å². The number of nitriles is 1. The van der Waals surface area contributed by atoms with E-state index in [2.05, 4.69) is 44.4 Å². The summed E-state index contributed by atoms with van der Waals surface area (Å²) < 4.78 is 0. The van der Waals surface area contributed by atoms with E-state index in [4.69, 9.17) is 23.2 Å². The molecule has 1 aromatic heterocycles. The van der Waals surface area contributed by atoms with E-state index in [9.17, 15) is 10.1 Å². The second-order valence-corrected chi connectivity index (χ2v) is 9.76. The molecule has 2 heterocycles. The van der Waals surface area contributed by atoms with Gasteiger partial charge in [0.05, 0.1) is 16.0 Å². The predicted octanol–water partition coefficient (Wildman–Crippen LogP) is 4.31. The van der Waals surface area contributed by atoms with Crippen LogP contribution in [0.4, 0.5) is 5.00 Å². The van der Waals surface area contributed by atoms with Crippen LogP contribution in [0, 0.1) is 11.3 Å². The number of nitrogens with one attached hydrogen (secondary N) is 1. The van der Waals surface area contributed by atoms with Crippen molar-refractivity contribution >= 4 is 45.4 Å². The molecule has 1 amide bonds. The van der Waals surface area contributed by atoms with Gasteiger partial charge in [0.15, 0.2) is 0 Å². The number of hydrogen-bond donors (Lipinski definition) is 2. The lowest BCUT2D eigenvalue weighted by atomic mass is 9.81. The van der Waals surface area contributed by atoms with Crippen molar-refractivity contribution < 1.29 is 10.1 Å². The van der Waals surface area contributed by atoms with Gasteiger partial charge in [-0.05, 0) is 51.5 Å². The fraction of sp³-hybridized carbons (Fsp3) is 0.368. The van der Waals surface area contributed by atoms with Crippen molar-refractivity contribution in [2.75, 3.05) is 5.32 Å². The quantitative estimate of drug-likeness (QED) is 0.776. The first kappa shape index (κ1) is 19.2. The Morgan fingerprint density at radius 2 is 1.85 bits per heavy atom. The molecule has 3 rings (SSSR count). The maximum atomic E-state index is 12.6. The number of halogens is 2. The van der Waals surface area contributed by atoms with E-state index in [-0.39, 0.29) is 17.0 Å². The van der Waals surface area contributed by atoms with Crippen LogP contribution in [0.15, 0.2) is 18.2 Å². The van der Waals surface area contributed by atoms with Gasteiger partial charge in [-0.1, -0.05) is 23.2 Å². The van der Waals surface area contributed by atoms with Gasteiger partial charge in [-0.3, -0.25) is 4.79 Å². The summed E-state index contributed by atoms with van der Waals surface area (Å²) >= 11 is 13.5. The molecule has 0 saturated heterocycles. The first-order valence-corrected chi connectivity index (χ1v) is 9.80. The highest BCUT2D eigenvalue weighted by molar-refractivity contribution is 7.16. The van der Waals surface area contributed by atoms with E-state index < -0.39 is 0 Å². The number of fused-ring (bicyclic) bond motifs is 1. The fourth-order valence-electron chi connectivity index (χ4n) is 3.77. The Morgan fingerprint density at radius 1 is 1.23 bits per heavy atom. The average Bonchev–Trinajstić information content (AvgIpc) is 2.82. The van der Waals surface area contributed by atoms with Gasteiger partial charge in [0.2, 0.25) is 0 Å². The Balaban J connectivity index is 2.01. The third kappa shape index (κ3) is 3.60. The number of amides is 1. The van der Waals surface area contributed by atoms with Gasteiger partial charge in [-0.25, -0.2) is 0 Å². The second kappa shape index (κ2) is 6.54. The van der Waals surface area contributed by atoms with E-state index in [0.29, 0.717) is 26.2 Å². The van der Waals surface area contributed by atoms with Crippen molar-refractivity contribution in [2.24, 2.45) is 0 Å². The maximum Gasteiger partial charge on any atom is 0.256 e. The zero-order valence-electron chi connectivity index (χ0n) is 15.0. The van der Waals surface area contributed by atoms with Crippen LogP contribution < -0.4 is 10.6 Å². The fourth-order valence-corrected chi connectivity index (χ4v) is 5.53. The summed E-state index contributed by atoms with van der Waals surface area (Å²) in [6, 6.07) is 6.98. The Bertz CT molecular complexity index is 921. The summed E-state index contributed by atoms with van der Waals surface area (Å²) in [6.07, 6.45) is 0.782. The summed E-state index contributed by atoms with van der Waals surface area (Å²) in [4.78, 5) is 13.8. The van der Waals surface area contributed by atoms with Crippen LogP contribution in [0.5, 0.6) is 0 Å². The third-order valence-corrected chi connectivity index (χ3v) is 6.36. The van der Waals surface area contributed by atoms with Crippen LogP contribution in [0.3, 0.4) is 0 Å². The molecular formula is C19H20Cl2N3OS+. The van der Waals surface area contributed by atoms with Crippen molar-refractivity contribution in [1.82, 2.24) is 0 Å². The smallest absolute Gasteiger partial charge is 0.256 e. The number of nitrogens with zero attached hydrogens (tertiary/aromatic N) is 1. The normalized spacial score (nSPS) is 17.3. The zero-order valence-corrected chi connectivity index (χ0v) is 17.4. The Labute approximate surface area is 167 Å². The molecule has 0 spiro atoms. The molecule has 0 aliphatic carbocycles. The van der Waals surface area contributed by atoms with Gasteiger partial charge in [-0.2, -0.15) is 5.26 Å². The molecule has 26 heavy (non-hydrogen) atoms. The number of carbonyl (C=O) groups excluding carboxylic acids is 1. The first-order valence-electron chi connectivity index (χ1n) is 8.23. The van der Waals surface area contributed by atoms with Crippen molar-refractivity contribution in [2.45, 2.75) is 45.2 Å². The van der Waals surface area contributed by atoms with Crippen molar-refractivity contribution in [3.63, 3.8) is 0 Å². The number of thiophene rings is 1. The van der Waals surface area contributed by atoms with Crippen molar-refractivity contribution in [3.05, 3.63) is 49.8 Å². The number of benzene rings is 1. The number of quaternary nitrogens is 1. The topological polar surface area (TPSA) is 69.5 Å². The molecule has 0 atom stereocenters. The average molecular weight is 409 g/mol. The lowest BCUT2D eigenvalue weighted by molar-refractivity contribution is -0.789. The van der Waals surface area contributed by atoms with E-state index in [1.165, 1.54) is 11.3 Å². The van der Waals surface area contributed by atoms with Gasteiger partial charge in [0.25, 0.3) is 5.91 Å². The molecule has 0 radical (unpaired) electrons. The molecule has 1 aromatic carbocycles. The summed E-state index contributed by atoms with van der Waals surface area (Å²) in [5.41, 5.74) is 1.79. The molecule has 1 aliphatic heterocycles. The lowest BCUT2D eigenvalue weighted by Crippen LogP contribution is -3.03. The highest BCUT2D eigenvalue weighted by Gasteiger charge is 2.44. The number of nitrogens with two attached hydrogens (primary N) is 1. The third-order valence-electron chi connectivity index (χ3n) is 4.44. The van der Waals surface area contributed by atoms with Crippen LogP contribution in [-0.2, 0) is 12.0 Å². The van der Waals surface area contributed by atoms with Gasteiger partial charge < -0.3 is 10.6 Å². The summed E-state index contributed by atoms with van der Waals surface area (Å²) in [6.45, 7) is 8.63. The maximum absolute atomic E-state index is 12.6. The minimum Gasteiger partial charge on any atom is -0.333 e. The van der Waals surface area contributed by atoms with E-state index in [1.807, 2.05) is 0 Å². The lowest BCUT2D eigenvalue weighted by Gasteiger charge is -2.38. The number of anilines is 1. The monoisotopic (exact) mass is 408 g/mol. The molecule has 0 fully saturated rings. The largest absolute Gasteiger partial charge is 0.333 e. The predicted molar refractivity (Wildman–Crippen MR) is 106 cm³/mol. The highest BCUT2D eigenvalue weighted by atomic mass is 35.5. The van der Waals surface area contributed by atoms with Crippen molar-refractivity contribution in [3.8, 4) is 6.07 Å². The second-order valence-electron chi connectivity index (χ2n) is 7.87. The van der Waals surface area contributed by atoms with Crippen LogP contribution >= 0.6 is 34.5 Å². The van der Waals surface area contributed by atoms with Crippen LogP contribution in [0.2, 0.25) is 10.0 Å². The van der Waals surface area contributed by atoms with Crippen LogP contribution in [0.1, 0.15) is 54.1 Å². The van der Waals surface area contributed by atoms with E-state index >= 15 is 0 Å². The highest BCUT2D eigenvalue weighted by Crippen LogP contribution is 2.41. The molecule has 0 saturated carbocycles. The molecule has 3 N–H and O–H groups in total. The first-order chi connectivity index (χ1) is 12.0. The molecule has 2 aromatic rings. The Hall–Kier alpha value is -1.58. The molecular weight excluding hydrogens is 389 g/mol. The Morgan fingerprint density at radius 3 is 2.42 bits per heavy atom. The van der Waals surface area contributed by atoms with Crippen LogP contribution in [0.25, 0.3) is 0 Å². The minimum absolute atomic E-state index is 0.00900. The van der Waals surface area contributed by atoms with Crippen molar-refractivity contribution in [1.29, 1.82) is 5.26 Å². The van der Waals surface area contributed by atoms with Gasteiger partial charge in [-0.15, -0.1) is 11.3 Å². The number of hydrogen-bond acceptors (Lipinski definition) is 3. The molecule has 7 heteroatoms. The Kier molecular flexibility index (Phi) is 4.83. The molecule has 1 aliphatic rings. The van der Waals surface area contributed by atoms with Crippen LogP contribution in [-0.4, -0.2) is 11.4 Å². The number of carbonyl (C=O) groups is 1. The number of rotatable bonds is 2. The molecule has 0 bridgehead atoms. The van der Waals surface area contributed by atoms with Gasteiger partial charge in [0.1, 0.15) is 16.6 Å². The SMILES string of the molecule is CC1(C)Cc2c(sc(NC(=O)c3cc(Cl)cc(Cl)c3)c2C#N)C(C)(C)[NH2+]1. The molecule has 4 nitrogen and oxygen atoms in total. The molecule has 136 valence electrons. The van der Waals surface area contributed by atoms with E-state index in [0.717, 1.165) is 16.9 Å². The zero-order chi connectivity index (χ0) is 19.3. The summed E-state index contributed by atoms with van der Waals surface area (Å²) in [5.74, 6) is -0.328. The molecule has 0 unspecified atom stereocenters. The standard InChI is InChI=1S/C19H19Cl2N3OS/c1-18(2)8-13-14(9-22)17(26-15(13)19(3,4)24-18)23-16(25)10-5-11(20)7-12(21)6-10/h5-7,24H,8H2,1-4H3,(H,23,25)/p+1. The summed E-state index contributed by atoms with van der Waals surface area (Å²) in [7, 11) is 0. The van der Waals surface area contributed by atoms with E-state index in [1.54, 1.807) is 18.2 Å². The van der Waals surface area contributed by atoms with Gasteiger partial charge in [0, 0.05) is 22.0 Å². The summed E-state index contributed by atoms with van der Waals surface area (Å²) in [5, 5.41) is 16.3.